The van der Waals surface area contributed by atoms with Gasteiger partial charge in [-0.25, -0.2) is 0 Å². The van der Waals surface area contributed by atoms with Crippen LogP contribution in [0.15, 0.2) is 48.5 Å². The van der Waals surface area contributed by atoms with Crippen molar-refractivity contribution < 1.29 is 4.74 Å². The molecule has 0 saturated heterocycles. The lowest BCUT2D eigenvalue weighted by Gasteiger charge is -2.08. The fourth-order valence-electron chi connectivity index (χ4n) is 2.67. The Hall–Kier alpha value is -1.96. The average molecular weight is 239 g/mol. The third kappa shape index (κ3) is 1.94. The van der Waals surface area contributed by atoms with Gasteiger partial charge in [0.25, 0.3) is 0 Å². The van der Waals surface area contributed by atoms with Gasteiger partial charge in [0, 0.05) is 5.69 Å². The van der Waals surface area contributed by atoms with Gasteiger partial charge in [0.15, 0.2) is 0 Å². The highest BCUT2D eigenvalue weighted by Gasteiger charge is 2.40. The Labute approximate surface area is 107 Å². The SMILES string of the molecule is COc1ccccc1[C@@H]1C[C@H]1c1cccc(N)c1. The Bertz CT molecular complexity index is 565. The van der Waals surface area contributed by atoms with Crippen LogP contribution in [0.4, 0.5) is 5.69 Å². The van der Waals surface area contributed by atoms with Gasteiger partial charge >= 0.3 is 0 Å². The third-order valence-corrected chi connectivity index (χ3v) is 3.67. The molecular weight excluding hydrogens is 222 g/mol. The molecule has 2 heteroatoms. The van der Waals surface area contributed by atoms with Gasteiger partial charge in [0.2, 0.25) is 0 Å². The Morgan fingerprint density at radius 3 is 2.67 bits per heavy atom. The molecule has 0 aromatic heterocycles. The normalized spacial score (nSPS) is 21.6. The van der Waals surface area contributed by atoms with E-state index in [1.165, 1.54) is 17.5 Å². The fraction of sp³-hybridized carbons (Fsp3) is 0.250. The number of ether oxygens (including phenoxy) is 1. The molecule has 0 unspecified atom stereocenters. The number of para-hydroxylation sites is 1. The number of methoxy groups -OCH3 is 1. The summed E-state index contributed by atoms with van der Waals surface area (Å²) in [6.45, 7) is 0. The second-order valence-corrected chi connectivity index (χ2v) is 4.86. The minimum Gasteiger partial charge on any atom is -0.496 e. The molecule has 0 amide bonds. The van der Waals surface area contributed by atoms with Crippen LogP contribution >= 0.6 is 0 Å². The van der Waals surface area contributed by atoms with E-state index < -0.39 is 0 Å². The van der Waals surface area contributed by atoms with Crippen molar-refractivity contribution in [3.8, 4) is 5.75 Å². The maximum absolute atomic E-state index is 5.84. The molecule has 0 radical (unpaired) electrons. The lowest BCUT2D eigenvalue weighted by molar-refractivity contribution is 0.409. The molecule has 0 heterocycles. The maximum Gasteiger partial charge on any atom is 0.122 e. The van der Waals surface area contributed by atoms with Crippen molar-refractivity contribution in [2.75, 3.05) is 12.8 Å². The van der Waals surface area contributed by atoms with Crippen LogP contribution in [0.1, 0.15) is 29.4 Å². The number of anilines is 1. The van der Waals surface area contributed by atoms with E-state index in [0.29, 0.717) is 11.8 Å². The number of nitrogen functional groups attached to an aromatic ring is 1. The molecule has 3 rings (SSSR count). The molecule has 2 N–H and O–H groups in total. The van der Waals surface area contributed by atoms with Crippen LogP contribution in [-0.2, 0) is 0 Å². The van der Waals surface area contributed by atoms with E-state index in [-0.39, 0.29) is 0 Å². The zero-order valence-electron chi connectivity index (χ0n) is 10.5. The molecule has 0 aliphatic heterocycles. The quantitative estimate of drug-likeness (QED) is 0.831. The number of rotatable bonds is 3. The summed E-state index contributed by atoms with van der Waals surface area (Å²) in [5.74, 6) is 2.15. The summed E-state index contributed by atoms with van der Waals surface area (Å²) < 4.78 is 5.43. The molecule has 1 aliphatic carbocycles. The summed E-state index contributed by atoms with van der Waals surface area (Å²) in [5, 5.41) is 0. The van der Waals surface area contributed by atoms with Crippen molar-refractivity contribution in [3.63, 3.8) is 0 Å². The van der Waals surface area contributed by atoms with E-state index in [2.05, 4.69) is 24.3 Å². The van der Waals surface area contributed by atoms with Crippen molar-refractivity contribution in [1.82, 2.24) is 0 Å². The zero-order chi connectivity index (χ0) is 12.5. The first-order chi connectivity index (χ1) is 8.79. The maximum atomic E-state index is 5.84. The molecule has 2 aromatic carbocycles. The van der Waals surface area contributed by atoms with Crippen molar-refractivity contribution in [2.24, 2.45) is 0 Å². The lowest BCUT2D eigenvalue weighted by atomic mass is 10.0. The Kier molecular flexibility index (Phi) is 2.71. The molecule has 1 aliphatic rings. The van der Waals surface area contributed by atoms with Gasteiger partial charge in [-0.2, -0.15) is 0 Å². The predicted molar refractivity (Wildman–Crippen MR) is 73.9 cm³/mol. The van der Waals surface area contributed by atoms with Gasteiger partial charge < -0.3 is 10.5 Å². The monoisotopic (exact) mass is 239 g/mol. The van der Waals surface area contributed by atoms with Crippen LogP contribution in [0.25, 0.3) is 0 Å². The van der Waals surface area contributed by atoms with Gasteiger partial charge in [-0.05, 0) is 47.6 Å². The predicted octanol–water partition coefficient (Wildman–Crippen LogP) is 3.55. The van der Waals surface area contributed by atoms with E-state index >= 15 is 0 Å². The molecule has 2 nitrogen and oxygen atoms in total. The molecule has 0 bridgehead atoms. The zero-order valence-corrected chi connectivity index (χ0v) is 10.5. The molecular formula is C16H17NO. The summed E-state index contributed by atoms with van der Waals surface area (Å²) in [6, 6.07) is 16.5. The summed E-state index contributed by atoms with van der Waals surface area (Å²) in [6.07, 6.45) is 1.18. The number of benzene rings is 2. The molecule has 92 valence electrons. The van der Waals surface area contributed by atoms with Crippen molar-refractivity contribution in [2.45, 2.75) is 18.3 Å². The van der Waals surface area contributed by atoms with Gasteiger partial charge in [0.1, 0.15) is 5.75 Å². The molecule has 1 saturated carbocycles. The Morgan fingerprint density at radius 1 is 1.06 bits per heavy atom. The topological polar surface area (TPSA) is 35.2 Å². The first-order valence-electron chi connectivity index (χ1n) is 6.28. The second-order valence-electron chi connectivity index (χ2n) is 4.86. The first-order valence-corrected chi connectivity index (χ1v) is 6.28. The smallest absolute Gasteiger partial charge is 0.122 e. The fourth-order valence-corrected chi connectivity index (χ4v) is 2.67. The molecule has 0 spiro atoms. The van der Waals surface area contributed by atoms with Gasteiger partial charge in [-0.15, -0.1) is 0 Å². The number of hydrogen-bond acceptors (Lipinski definition) is 2. The molecule has 1 fully saturated rings. The largest absolute Gasteiger partial charge is 0.496 e. The third-order valence-electron chi connectivity index (χ3n) is 3.67. The van der Waals surface area contributed by atoms with Crippen molar-refractivity contribution in [1.29, 1.82) is 0 Å². The summed E-state index contributed by atoms with van der Waals surface area (Å²) in [5.41, 5.74) is 9.34. The van der Waals surface area contributed by atoms with Gasteiger partial charge in [-0.1, -0.05) is 30.3 Å². The summed E-state index contributed by atoms with van der Waals surface area (Å²) in [7, 11) is 1.73. The standard InChI is InChI=1S/C16H17NO/c1-18-16-8-3-2-7-13(16)15-10-14(15)11-5-4-6-12(17)9-11/h2-9,14-15H,10,17H2,1H3/t14-,15-/m0/s1. The van der Waals surface area contributed by atoms with E-state index in [1.807, 2.05) is 24.3 Å². The number of hydrogen-bond donors (Lipinski definition) is 1. The highest BCUT2D eigenvalue weighted by Crippen LogP contribution is 2.56. The minimum absolute atomic E-state index is 0.572. The Morgan fingerprint density at radius 2 is 1.89 bits per heavy atom. The molecule has 2 aromatic rings. The van der Waals surface area contributed by atoms with Crippen LogP contribution in [-0.4, -0.2) is 7.11 Å². The van der Waals surface area contributed by atoms with E-state index in [1.54, 1.807) is 7.11 Å². The van der Waals surface area contributed by atoms with Crippen LogP contribution in [0, 0.1) is 0 Å². The molecule has 2 atom stereocenters. The Balaban J connectivity index is 1.86. The minimum atomic E-state index is 0.572. The van der Waals surface area contributed by atoms with Crippen LogP contribution in [0.2, 0.25) is 0 Å². The second kappa shape index (κ2) is 4.37. The average Bonchev–Trinajstić information content (AvgIpc) is 3.19. The van der Waals surface area contributed by atoms with Crippen LogP contribution < -0.4 is 10.5 Å². The van der Waals surface area contributed by atoms with Gasteiger partial charge in [0.05, 0.1) is 7.11 Å². The first kappa shape index (κ1) is 11.1. The highest BCUT2D eigenvalue weighted by atomic mass is 16.5. The summed E-state index contributed by atoms with van der Waals surface area (Å²) in [4.78, 5) is 0. The number of nitrogens with two attached hydrogens (primary N) is 1. The summed E-state index contributed by atoms with van der Waals surface area (Å²) >= 11 is 0. The molecule has 18 heavy (non-hydrogen) atoms. The lowest BCUT2D eigenvalue weighted by Crippen LogP contribution is -1.91. The van der Waals surface area contributed by atoms with Crippen LogP contribution in [0.5, 0.6) is 5.75 Å². The van der Waals surface area contributed by atoms with E-state index in [9.17, 15) is 0 Å². The van der Waals surface area contributed by atoms with Crippen LogP contribution in [0.3, 0.4) is 0 Å². The highest BCUT2D eigenvalue weighted by molar-refractivity contribution is 5.48. The van der Waals surface area contributed by atoms with Gasteiger partial charge in [-0.3, -0.25) is 0 Å². The van der Waals surface area contributed by atoms with E-state index in [4.69, 9.17) is 10.5 Å². The van der Waals surface area contributed by atoms with E-state index in [0.717, 1.165) is 11.4 Å². The van der Waals surface area contributed by atoms with Crippen molar-refractivity contribution >= 4 is 5.69 Å². The van der Waals surface area contributed by atoms with Crippen molar-refractivity contribution in [3.05, 3.63) is 59.7 Å².